The fourth-order valence-corrected chi connectivity index (χ4v) is 1.25. The van der Waals surface area contributed by atoms with E-state index in [9.17, 15) is 8.78 Å². The molecular formula is C13H9F2N. The van der Waals surface area contributed by atoms with Gasteiger partial charge in [-0.05, 0) is 35.9 Å². The van der Waals surface area contributed by atoms with Gasteiger partial charge in [0.1, 0.15) is 11.6 Å². The van der Waals surface area contributed by atoms with Crippen molar-refractivity contribution >= 4 is 11.9 Å². The maximum absolute atomic E-state index is 12.8. The predicted molar refractivity (Wildman–Crippen MR) is 60.1 cm³/mol. The Kier molecular flexibility index (Phi) is 3.05. The SMILES string of the molecule is Fc1ccc(/C=N/c2cccc(F)c2)cc1. The molecule has 0 fully saturated rings. The van der Waals surface area contributed by atoms with Crippen molar-refractivity contribution in [1.82, 2.24) is 0 Å². The lowest BCUT2D eigenvalue weighted by Gasteiger charge is -1.94. The smallest absolute Gasteiger partial charge is 0.125 e. The highest BCUT2D eigenvalue weighted by Crippen LogP contribution is 2.12. The van der Waals surface area contributed by atoms with Gasteiger partial charge in [0.05, 0.1) is 5.69 Å². The molecule has 0 aliphatic carbocycles. The summed E-state index contributed by atoms with van der Waals surface area (Å²) in [5, 5.41) is 0. The second-order valence-corrected chi connectivity index (χ2v) is 3.29. The van der Waals surface area contributed by atoms with Gasteiger partial charge in [-0.3, -0.25) is 4.99 Å². The van der Waals surface area contributed by atoms with E-state index in [1.807, 2.05) is 0 Å². The molecule has 0 radical (unpaired) electrons. The Balaban J connectivity index is 2.18. The van der Waals surface area contributed by atoms with E-state index in [1.165, 1.54) is 24.3 Å². The number of hydrogen-bond donors (Lipinski definition) is 0. The van der Waals surface area contributed by atoms with E-state index in [1.54, 1.807) is 30.5 Å². The Bertz CT molecular complexity index is 504. The molecule has 2 aromatic carbocycles. The summed E-state index contributed by atoms with van der Waals surface area (Å²) in [6.45, 7) is 0. The first-order valence-corrected chi connectivity index (χ1v) is 4.79. The van der Waals surface area contributed by atoms with Crippen LogP contribution in [0.15, 0.2) is 53.5 Å². The van der Waals surface area contributed by atoms with Crippen molar-refractivity contribution in [2.75, 3.05) is 0 Å². The molecule has 0 bridgehead atoms. The van der Waals surface area contributed by atoms with Crippen molar-refractivity contribution in [3.05, 3.63) is 65.7 Å². The second-order valence-electron chi connectivity index (χ2n) is 3.29. The first kappa shape index (κ1) is 10.5. The largest absolute Gasteiger partial charge is 0.256 e. The summed E-state index contributed by atoms with van der Waals surface area (Å²) in [5.74, 6) is -0.614. The number of nitrogens with zero attached hydrogens (tertiary/aromatic N) is 1. The molecule has 0 heterocycles. The molecule has 0 atom stereocenters. The summed E-state index contributed by atoms with van der Waals surface area (Å²) < 4.78 is 25.4. The van der Waals surface area contributed by atoms with E-state index in [2.05, 4.69) is 4.99 Å². The molecule has 0 spiro atoms. The lowest BCUT2D eigenvalue weighted by molar-refractivity contribution is 0.627. The standard InChI is InChI=1S/C13H9F2N/c14-11-6-4-10(5-7-11)9-16-13-3-1-2-12(15)8-13/h1-9H/b16-9+. The summed E-state index contributed by atoms with van der Waals surface area (Å²) >= 11 is 0. The maximum Gasteiger partial charge on any atom is 0.125 e. The van der Waals surface area contributed by atoms with E-state index in [4.69, 9.17) is 0 Å². The van der Waals surface area contributed by atoms with Gasteiger partial charge in [-0.1, -0.05) is 18.2 Å². The average molecular weight is 217 g/mol. The molecule has 2 aromatic rings. The predicted octanol–water partition coefficient (Wildman–Crippen LogP) is 3.72. The molecule has 3 heteroatoms. The molecule has 2 rings (SSSR count). The Morgan fingerprint density at radius 2 is 1.62 bits per heavy atom. The zero-order chi connectivity index (χ0) is 11.4. The zero-order valence-corrected chi connectivity index (χ0v) is 8.40. The van der Waals surface area contributed by atoms with Crippen LogP contribution in [-0.4, -0.2) is 6.21 Å². The van der Waals surface area contributed by atoms with Crippen LogP contribution in [0.5, 0.6) is 0 Å². The van der Waals surface area contributed by atoms with E-state index < -0.39 is 0 Å². The normalized spacial score (nSPS) is 10.9. The Morgan fingerprint density at radius 3 is 2.31 bits per heavy atom. The molecular weight excluding hydrogens is 208 g/mol. The lowest BCUT2D eigenvalue weighted by Crippen LogP contribution is -1.81. The third-order valence-electron chi connectivity index (χ3n) is 2.04. The van der Waals surface area contributed by atoms with Crippen LogP contribution in [0, 0.1) is 11.6 Å². The average Bonchev–Trinajstić information content (AvgIpc) is 2.28. The van der Waals surface area contributed by atoms with Gasteiger partial charge in [0.15, 0.2) is 0 Å². The molecule has 0 saturated heterocycles. The summed E-state index contributed by atoms with van der Waals surface area (Å²) in [7, 11) is 0. The molecule has 0 N–H and O–H groups in total. The summed E-state index contributed by atoms with van der Waals surface area (Å²) in [5.41, 5.74) is 1.30. The Labute approximate surface area is 92.1 Å². The van der Waals surface area contributed by atoms with Crippen LogP contribution in [0.25, 0.3) is 0 Å². The van der Waals surface area contributed by atoms with Gasteiger partial charge < -0.3 is 0 Å². The first-order valence-electron chi connectivity index (χ1n) is 4.79. The number of rotatable bonds is 2. The topological polar surface area (TPSA) is 12.4 Å². The van der Waals surface area contributed by atoms with Gasteiger partial charge in [-0.25, -0.2) is 8.78 Å². The molecule has 0 aliphatic rings. The third-order valence-corrected chi connectivity index (χ3v) is 2.04. The minimum atomic E-state index is -0.325. The van der Waals surface area contributed by atoms with Crippen LogP contribution in [-0.2, 0) is 0 Å². The highest BCUT2D eigenvalue weighted by Gasteiger charge is 1.92. The van der Waals surface area contributed by atoms with Gasteiger partial charge in [0, 0.05) is 6.21 Å². The fraction of sp³-hybridized carbons (Fsp3) is 0. The van der Waals surface area contributed by atoms with Gasteiger partial charge in [-0.15, -0.1) is 0 Å². The molecule has 0 unspecified atom stereocenters. The highest BCUT2D eigenvalue weighted by atomic mass is 19.1. The van der Waals surface area contributed by atoms with Crippen molar-refractivity contribution in [3.8, 4) is 0 Å². The maximum atomic E-state index is 12.8. The minimum absolute atomic E-state index is 0.289. The van der Waals surface area contributed by atoms with Gasteiger partial charge >= 0.3 is 0 Å². The fourth-order valence-electron chi connectivity index (χ4n) is 1.25. The zero-order valence-electron chi connectivity index (χ0n) is 8.40. The van der Waals surface area contributed by atoms with E-state index in [0.29, 0.717) is 5.69 Å². The molecule has 80 valence electrons. The molecule has 1 nitrogen and oxygen atoms in total. The Morgan fingerprint density at radius 1 is 0.875 bits per heavy atom. The summed E-state index contributed by atoms with van der Waals surface area (Å²) in [4.78, 5) is 4.08. The summed E-state index contributed by atoms with van der Waals surface area (Å²) in [6.07, 6.45) is 1.56. The quantitative estimate of drug-likeness (QED) is 0.680. The van der Waals surface area contributed by atoms with Crippen LogP contribution in [0.4, 0.5) is 14.5 Å². The van der Waals surface area contributed by atoms with Crippen molar-refractivity contribution < 1.29 is 8.78 Å². The van der Waals surface area contributed by atoms with E-state index >= 15 is 0 Å². The van der Waals surface area contributed by atoms with Gasteiger partial charge in [0.2, 0.25) is 0 Å². The number of hydrogen-bond acceptors (Lipinski definition) is 1. The number of aliphatic imine (C=N–C) groups is 1. The van der Waals surface area contributed by atoms with Crippen LogP contribution in [0.2, 0.25) is 0 Å². The van der Waals surface area contributed by atoms with Crippen LogP contribution < -0.4 is 0 Å². The molecule has 0 saturated carbocycles. The monoisotopic (exact) mass is 217 g/mol. The van der Waals surface area contributed by atoms with Gasteiger partial charge in [-0.2, -0.15) is 0 Å². The summed E-state index contributed by atoms with van der Waals surface area (Å²) in [6, 6.07) is 11.9. The first-order chi connectivity index (χ1) is 7.74. The molecule has 0 aromatic heterocycles. The number of benzene rings is 2. The number of halogens is 2. The van der Waals surface area contributed by atoms with Crippen molar-refractivity contribution in [2.45, 2.75) is 0 Å². The minimum Gasteiger partial charge on any atom is -0.256 e. The third kappa shape index (κ3) is 2.73. The van der Waals surface area contributed by atoms with Crippen LogP contribution in [0.1, 0.15) is 5.56 Å². The van der Waals surface area contributed by atoms with E-state index in [0.717, 1.165) is 5.56 Å². The Hall–Kier alpha value is -2.03. The lowest BCUT2D eigenvalue weighted by atomic mass is 10.2. The highest BCUT2D eigenvalue weighted by molar-refractivity contribution is 5.81. The molecule has 0 amide bonds. The van der Waals surface area contributed by atoms with Crippen molar-refractivity contribution in [1.29, 1.82) is 0 Å². The van der Waals surface area contributed by atoms with Crippen molar-refractivity contribution in [3.63, 3.8) is 0 Å². The van der Waals surface area contributed by atoms with Crippen LogP contribution >= 0.6 is 0 Å². The second kappa shape index (κ2) is 4.66. The van der Waals surface area contributed by atoms with E-state index in [-0.39, 0.29) is 11.6 Å². The van der Waals surface area contributed by atoms with Crippen LogP contribution in [0.3, 0.4) is 0 Å². The molecule has 0 aliphatic heterocycles. The van der Waals surface area contributed by atoms with Crippen molar-refractivity contribution in [2.24, 2.45) is 4.99 Å². The molecule has 16 heavy (non-hydrogen) atoms. The van der Waals surface area contributed by atoms with Gasteiger partial charge in [0.25, 0.3) is 0 Å².